The molecule has 0 saturated heterocycles. The van der Waals surface area contributed by atoms with E-state index in [9.17, 15) is 4.79 Å². The fraction of sp³-hybridized carbons (Fsp3) is 0.417. The Kier molecular flexibility index (Phi) is 5.41. The molecule has 1 aromatic carbocycles. The molecule has 0 heterocycles. The largest absolute Gasteiger partial charge is 0.354 e. The summed E-state index contributed by atoms with van der Waals surface area (Å²) in [6, 6.07) is 5.13. The lowest BCUT2D eigenvalue weighted by Gasteiger charge is -2.14. The number of methoxy groups -OCH3 is 2. The first-order chi connectivity index (χ1) is 8.08. The number of benzene rings is 1. The lowest BCUT2D eigenvalue weighted by molar-refractivity contribution is -0.0974. The molecule has 1 aromatic rings. The zero-order chi connectivity index (χ0) is 12.8. The van der Waals surface area contributed by atoms with Crippen LogP contribution in [0.2, 0.25) is 5.02 Å². The van der Waals surface area contributed by atoms with E-state index in [2.05, 4.69) is 5.32 Å². The van der Waals surface area contributed by atoms with Crippen molar-refractivity contribution >= 4 is 17.5 Å². The highest BCUT2D eigenvalue weighted by Crippen LogP contribution is 2.14. The van der Waals surface area contributed by atoms with Gasteiger partial charge in [-0.1, -0.05) is 11.6 Å². The van der Waals surface area contributed by atoms with Gasteiger partial charge >= 0.3 is 0 Å². The minimum Gasteiger partial charge on any atom is -0.354 e. The number of hydrogen-bond donors (Lipinski definition) is 1. The Morgan fingerprint density at radius 3 is 2.59 bits per heavy atom. The quantitative estimate of drug-likeness (QED) is 0.821. The smallest absolute Gasteiger partial charge is 0.251 e. The Labute approximate surface area is 106 Å². The summed E-state index contributed by atoms with van der Waals surface area (Å²) in [5.74, 6) is -0.168. The lowest BCUT2D eigenvalue weighted by atomic mass is 10.1. The van der Waals surface area contributed by atoms with Gasteiger partial charge in [-0.3, -0.25) is 4.79 Å². The van der Waals surface area contributed by atoms with E-state index in [4.69, 9.17) is 21.1 Å². The first-order valence-electron chi connectivity index (χ1n) is 5.18. The van der Waals surface area contributed by atoms with Crippen LogP contribution < -0.4 is 5.32 Å². The molecule has 0 fully saturated rings. The van der Waals surface area contributed by atoms with Gasteiger partial charge in [0.05, 0.1) is 6.54 Å². The summed E-state index contributed by atoms with van der Waals surface area (Å²) < 4.78 is 9.95. The highest BCUT2D eigenvalue weighted by Gasteiger charge is 2.11. The van der Waals surface area contributed by atoms with Crippen LogP contribution in [0.25, 0.3) is 0 Å². The van der Waals surface area contributed by atoms with Gasteiger partial charge in [-0.2, -0.15) is 0 Å². The molecule has 0 radical (unpaired) electrons. The molecular weight excluding hydrogens is 242 g/mol. The van der Waals surface area contributed by atoms with Gasteiger partial charge in [0.2, 0.25) is 0 Å². The van der Waals surface area contributed by atoms with Crippen LogP contribution in [-0.4, -0.2) is 33.0 Å². The van der Waals surface area contributed by atoms with E-state index in [1.807, 2.05) is 6.92 Å². The summed E-state index contributed by atoms with van der Waals surface area (Å²) in [6.45, 7) is 2.14. The number of carbonyl (C=O) groups is 1. The van der Waals surface area contributed by atoms with Gasteiger partial charge < -0.3 is 14.8 Å². The predicted octanol–water partition coefficient (Wildman–Crippen LogP) is 2.00. The molecule has 1 amide bonds. The molecule has 94 valence electrons. The number of nitrogens with one attached hydrogen (secondary N) is 1. The number of rotatable bonds is 5. The third kappa shape index (κ3) is 4.00. The van der Waals surface area contributed by atoms with Gasteiger partial charge in [0.15, 0.2) is 6.29 Å². The molecule has 17 heavy (non-hydrogen) atoms. The molecular formula is C12H16ClNO3. The topological polar surface area (TPSA) is 47.6 Å². The molecule has 0 bridgehead atoms. The van der Waals surface area contributed by atoms with Crippen molar-refractivity contribution in [3.63, 3.8) is 0 Å². The van der Waals surface area contributed by atoms with E-state index in [-0.39, 0.29) is 5.91 Å². The molecule has 4 nitrogen and oxygen atoms in total. The average molecular weight is 258 g/mol. The monoisotopic (exact) mass is 257 g/mol. The first-order valence-corrected chi connectivity index (χ1v) is 5.56. The van der Waals surface area contributed by atoms with Crippen LogP contribution in [0, 0.1) is 6.92 Å². The molecule has 0 aliphatic heterocycles. The van der Waals surface area contributed by atoms with Crippen LogP contribution in [0.15, 0.2) is 18.2 Å². The first kappa shape index (κ1) is 14.0. The van der Waals surface area contributed by atoms with E-state index in [1.54, 1.807) is 18.2 Å². The standard InChI is InChI=1S/C12H16ClNO3/c1-8-6-9(13)4-5-10(8)12(15)14-7-11(16-2)17-3/h4-6,11H,7H2,1-3H3,(H,14,15). The molecule has 0 saturated carbocycles. The Balaban J connectivity index is 2.64. The Bertz CT molecular complexity index is 391. The highest BCUT2D eigenvalue weighted by atomic mass is 35.5. The van der Waals surface area contributed by atoms with Crippen LogP contribution in [0.3, 0.4) is 0 Å². The number of carbonyl (C=O) groups excluding carboxylic acids is 1. The van der Waals surface area contributed by atoms with Crippen molar-refractivity contribution in [3.05, 3.63) is 34.3 Å². The van der Waals surface area contributed by atoms with Gasteiger partial charge in [0.1, 0.15) is 0 Å². The summed E-state index contributed by atoms with van der Waals surface area (Å²) in [6.07, 6.45) is -0.438. The maximum absolute atomic E-state index is 11.8. The van der Waals surface area contributed by atoms with Crippen molar-refractivity contribution < 1.29 is 14.3 Å². The van der Waals surface area contributed by atoms with Crippen molar-refractivity contribution in [3.8, 4) is 0 Å². The summed E-state index contributed by atoms with van der Waals surface area (Å²) in [5.41, 5.74) is 1.43. The van der Waals surface area contributed by atoms with E-state index in [1.165, 1.54) is 14.2 Å². The fourth-order valence-corrected chi connectivity index (χ4v) is 1.64. The molecule has 0 aliphatic rings. The number of halogens is 1. The van der Waals surface area contributed by atoms with Gasteiger partial charge in [-0.15, -0.1) is 0 Å². The second-order valence-corrected chi connectivity index (χ2v) is 4.01. The van der Waals surface area contributed by atoms with Crippen LogP contribution in [0.5, 0.6) is 0 Å². The van der Waals surface area contributed by atoms with Gasteiger partial charge in [-0.25, -0.2) is 0 Å². The van der Waals surface area contributed by atoms with Gasteiger partial charge in [0.25, 0.3) is 5.91 Å². The second kappa shape index (κ2) is 6.59. The van der Waals surface area contributed by atoms with E-state index in [0.717, 1.165) is 5.56 Å². The highest BCUT2D eigenvalue weighted by molar-refractivity contribution is 6.30. The van der Waals surface area contributed by atoms with Crippen LogP contribution >= 0.6 is 11.6 Å². The zero-order valence-corrected chi connectivity index (χ0v) is 10.9. The van der Waals surface area contributed by atoms with Crippen molar-refractivity contribution in [2.24, 2.45) is 0 Å². The van der Waals surface area contributed by atoms with Crippen molar-refractivity contribution in [2.45, 2.75) is 13.2 Å². The second-order valence-electron chi connectivity index (χ2n) is 3.57. The van der Waals surface area contributed by atoms with E-state index < -0.39 is 6.29 Å². The maximum Gasteiger partial charge on any atom is 0.251 e. The van der Waals surface area contributed by atoms with Gasteiger partial charge in [-0.05, 0) is 30.7 Å². The lowest BCUT2D eigenvalue weighted by Crippen LogP contribution is -2.34. The Morgan fingerprint density at radius 1 is 1.41 bits per heavy atom. The number of hydrogen-bond acceptors (Lipinski definition) is 3. The number of ether oxygens (including phenoxy) is 2. The van der Waals surface area contributed by atoms with Crippen LogP contribution in [-0.2, 0) is 9.47 Å². The average Bonchev–Trinajstić information content (AvgIpc) is 2.30. The van der Waals surface area contributed by atoms with E-state index in [0.29, 0.717) is 17.1 Å². The molecule has 0 atom stereocenters. The van der Waals surface area contributed by atoms with E-state index >= 15 is 0 Å². The molecule has 1 rings (SSSR count). The molecule has 1 N–H and O–H groups in total. The van der Waals surface area contributed by atoms with Crippen LogP contribution in [0.1, 0.15) is 15.9 Å². The third-order valence-corrected chi connectivity index (χ3v) is 2.62. The zero-order valence-electron chi connectivity index (χ0n) is 10.1. The molecule has 0 spiro atoms. The van der Waals surface area contributed by atoms with Crippen LogP contribution in [0.4, 0.5) is 0 Å². The summed E-state index contributed by atoms with van der Waals surface area (Å²) in [4.78, 5) is 11.8. The minimum absolute atomic E-state index is 0.168. The fourth-order valence-electron chi connectivity index (χ4n) is 1.42. The minimum atomic E-state index is -0.438. The van der Waals surface area contributed by atoms with Crippen molar-refractivity contribution in [1.29, 1.82) is 0 Å². The Hall–Kier alpha value is -1.10. The molecule has 0 aromatic heterocycles. The number of amides is 1. The van der Waals surface area contributed by atoms with Crippen molar-refractivity contribution in [1.82, 2.24) is 5.32 Å². The molecule has 0 unspecified atom stereocenters. The molecule has 5 heteroatoms. The third-order valence-electron chi connectivity index (χ3n) is 2.39. The summed E-state index contributed by atoms with van der Waals surface area (Å²) >= 11 is 5.82. The summed E-state index contributed by atoms with van der Waals surface area (Å²) in [7, 11) is 3.04. The summed E-state index contributed by atoms with van der Waals surface area (Å²) in [5, 5.41) is 3.35. The SMILES string of the molecule is COC(CNC(=O)c1ccc(Cl)cc1C)OC. The predicted molar refractivity (Wildman–Crippen MR) is 66.3 cm³/mol. The number of aryl methyl sites for hydroxylation is 1. The maximum atomic E-state index is 11.8. The molecule has 0 aliphatic carbocycles. The normalized spacial score (nSPS) is 10.6. The Morgan fingerprint density at radius 2 is 2.06 bits per heavy atom. The van der Waals surface area contributed by atoms with Crippen molar-refractivity contribution in [2.75, 3.05) is 20.8 Å². The van der Waals surface area contributed by atoms with Gasteiger partial charge in [0, 0.05) is 24.8 Å².